The van der Waals surface area contributed by atoms with E-state index in [1.807, 2.05) is 0 Å². The fourth-order valence-corrected chi connectivity index (χ4v) is 5.28. The van der Waals surface area contributed by atoms with Gasteiger partial charge < -0.3 is 16.0 Å². The zero-order valence-electron chi connectivity index (χ0n) is 22.9. The third kappa shape index (κ3) is 8.89. The highest BCUT2D eigenvalue weighted by molar-refractivity contribution is 8.00. The number of thioether (sulfide) groups is 1. The van der Waals surface area contributed by atoms with Crippen LogP contribution in [0.15, 0.2) is 108 Å². The number of benzene rings is 4. The van der Waals surface area contributed by atoms with Gasteiger partial charge in [0, 0.05) is 26.2 Å². The molecule has 6 nitrogen and oxygen atoms in total. The summed E-state index contributed by atoms with van der Waals surface area (Å²) < 4.78 is 40.0. The molecule has 44 heavy (non-hydrogen) atoms. The van der Waals surface area contributed by atoms with E-state index in [1.54, 1.807) is 73.7 Å². The highest BCUT2D eigenvalue weighted by Gasteiger charge is 2.34. The van der Waals surface area contributed by atoms with E-state index in [0.717, 1.165) is 17.8 Å². The number of carbonyl (C=O) groups is 3. The van der Waals surface area contributed by atoms with Crippen molar-refractivity contribution in [3.63, 3.8) is 0 Å². The Morgan fingerprint density at radius 2 is 1.55 bits per heavy atom. The zero-order chi connectivity index (χ0) is 31.9. The third-order valence-electron chi connectivity index (χ3n) is 6.06. The van der Waals surface area contributed by atoms with Gasteiger partial charge >= 0.3 is 6.18 Å². The van der Waals surface area contributed by atoms with Crippen LogP contribution in [0.5, 0.6) is 0 Å². The van der Waals surface area contributed by atoms with Crippen LogP contribution >= 0.6 is 35.0 Å². The van der Waals surface area contributed by atoms with E-state index in [0.29, 0.717) is 26.7 Å². The van der Waals surface area contributed by atoms with Crippen LogP contribution in [-0.4, -0.2) is 23.0 Å². The molecule has 0 saturated heterocycles. The number of hydrogen-bond acceptors (Lipinski definition) is 4. The molecule has 1 atom stereocenters. The first-order valence-corrected chi connectivity index (χ1v) is 14.6. The van der Waals surface area contributed by atoms with Crippen molar-refractivity contribution in [2.75, 3.05) is 10.6 Å². The molecule has 0 fully saturated rings. The highest BCUT2D eigenvalue weighted by atomic mass is 35.5. The van der Waals surface area contributed by atoms with Gasteiger partial charge in [0.2, 0.25) is 5.91 Å². The van der Waals surface area contributed by atoms with E-state index in [-0.39, 0.29) is 16.4 Å². The topological polar surface area (TPSA) is 87.3 Å². The van der Waals surface area contributed by atoms with Crippen LogP contribution in [0, 0.1) is 0 Å². The van der Waals surface area contributed by atoms with Crippen LogP contribution < -0.4 is 16.0 Å². The van der Waals surface area contributed by atoms with Crippen molar-refractivity contribution in [3.05, 3.63) is 129 Å². The van der Waals surface area contributed by atoms with Gasteiger partial charge in [-0.15, -0.1) is 11.8 Å². The van der Waals surface area contributed by atoms with Gasteiger partial charge in [-0.3, -0.25) is 14.4 Å². The van der Waals surface area contributed by atoms with Gasteiger partial charge in [0.15, 0.2) is 0 Å². The lowest BCUT2D eigenvalue weighted by Gasteiger charge is -2.16. The first-order chi connectivity index (χ1) is 20.9. The Hall–Kier alpha value is -4.25. The van der Waals surface area contributed by atoms with Gasteiger partial charge in [-0.2, -0.15) is 13.2 Å². The summed E-state index contributed by atoms with van der Waals surface area (Å²) >= 11 is 13.4. The monoisotopic (exact) mass is 657 g/mol. The molecule has 3 amide bonds. The highest BCUT2D eigenvalue weighted by Crippen LogP contribution is 2.35. The number of hydrogen-bond donors (Lipinski definition) is 3. The van der Waals surface area contributed by atoms with Crippen molar-refractivity contribution in [2.24, 2.45) is 0 Å². The summed E-state index contributed by atoms with van der Waals surface area (Å²) in [5, 5.41) is 7.57. The third-order valence-corrected chi connectivity index (χ3v) is 7.71. The Balaban J connectivity index is 1.50. The number of carbonyl (C=O) groups excluding carboxylic acids is 3. The van der Waals surface area contributed by atoms with Gasteiger partial charge in [-0.05, 0) is 73.2 Å². The Bertz CT molecular complexity index is 1720. The summed E-state index contributed by atoms with van der Waals surface area (Å²) in [6, 6.07) is 24.3. The SMILES string of the molecule is CC(Sc1cccc(NC(=O)/C(=C\c2ccc(Cl)cc2Cl)NC(=O)c2ccccc2)c1)C(=O)Nc1ccccc1C(F)(F)F. The standard InChI is InChI=1S/C32H24Cl2F3N3O3S/c1-19(29(41)39-27-13-6-5-12-25(27)32(35,36)37)44-24-11-7-10-23(18-24)38-31(43)28(16-21-14-15-22(33)17-26(21)34)40-30(42)20-8-3-2-4-9-20/h2-19H,1H3,(H,38,43)(H,39,41)(H,40,42)/b28-16+. The fraction of sp³-hybridized carbons (Fsp3) is 0.0938. The quantitative estimate of drug-likeness (QED) is 0.124. The van der Waals surface area contributed by atoms with Crippen molar-refractivity contribution in [1.29, 1.82) is 0 Å². The van der Waals surface area contributed by atoms with Crippen molar-refractivity contribution in [2.45, 2.75) is 23.2 Å². The molecule has 0 bridgehead atoms. The number of halogens is 5. The minimum absolute atomic E-state index is 0.0998. The molecule has 0 aliphatic carbocycles. The normalized spacial score (nSPS) is 12.3. The summed E-state index contributed by atoms with van der Waals surface area (Å²) in [5.41, 5.74) is -0.272. The lowest BCUT2D eigenvalue weighted by Crippen LogP contribution is -2.30. The molecule has 0 radical (unpaired) electrons. The van der Waals surface area contributed by atoms with Crippen molar-refractivity contribution < 1.29 is 27.6 Å². The van der Waals surface area contributed by atoms with E-state index < -0.39 is 34.7 Å². The number of alkyl halides is 3. The predicted octanol–water partition coefficient (Wildman–Crippen LogP) is 8.54. The molecule has 226 valence electrons. The van der Waals surface area contributed by atoms with Crippen molar-refractivity contribution in [3.8, 4) is 0 Å². The maximum absolute atomic E-state index is 13.4. The summed E-state index contributed by atoms with van der Waals surface area (Å²) in [5.74, 6) is -1.81. The second-order valence-corrected chi connectivity index (χ2v) is 11.6. The lowest BCUT2D eigenvalue weighted by atomic mass is 10.1. The van der Waals surface area contributed by atoms with Crippen LogP contribution in [-0.2, 0) is 15.8 Å². The van der Waals surface area contributed by atoms with Crippen molar-refractivity contribution >= 4 is 70.1 Å². The zero-order valence-corrected chi connectivity index (χ0v) is 25.2. The number of anilines is 2. The van der Waals surface area contributed by atoms with E-state index in [9.17, 15) is 27.6 Å². The summed E-state index contributed by atoms with van der Waals surface area (Å²) in [6.45, 7) is 1.55. The summed E-state index contributed by atoms with van der Waals surface area (Å²) in [4.78, 5) is 39.6. The minimum atomic E-state index is -4.63. The van der Waals surface area contributed by atoms with E-state index >= 15 is 0 Å². The second-order valence-electron chi connectivity index (χ2n) is 9.32. The largest absolute Gasteiger partial charge is 0.418 e. The maximum atomic E-state index is 13.4. The van der Waals surface area contributed by atoms with E-state index in [4.69, 9.17) is 23.2 Å². The Kier molecular flexibility index (Phi) is 10.7. The molecule has 0 spiro atoms. The minimum Gasteiger partial charge on any atom is -0.325 e. The smallest absolute Gasteiger partial charge is 0.325 e. The van der Waals surface area contributed by atoms with Gasteiger partial charge in [0.05, 0.1) is 16.5 Å². The second kappa shape index (κ2) is 14.5. The molecular weight excluding hydrogens is 634 g/mol. The van der Waals surface area contributed by atoms with E-state index in [1.165, 1.54) is 30.3 Å². The average Bonchev–Trinajstić information content (AvgIpc) is 2.98. The van der Waals surface area contributed by atoms with Crippen LogP contribution in [0.25, 0.3) is 6.08 Å². The number of para-hydroxylation sites is 1. The number of nitrogens with one attached hydrogen (secondary N) is 3. The Morgan fingerprint density at radius 3 is 2.25 bits per heavy atom. The summed E-state index contributed by atoms with van der Waals surface area (Å²) in [6.07, 6.45) is -3.21. The molecular formula is C32H24Cl2F3N3O3S. The molecule has 3 N–H and O–H groups in total. The number of rotatable bonds is 9. The number of amides is 3. The Morgan fingerprint density at radius 1 is 0.841 bits per heavy atom. The molecule has 0 aromatic heterocycles. The van der Waals surface area contributed by atoms with Crippen molar-refractivity contribution in [1.82, 2.24) is 5.32 Å². The van der Waals surface area contributed by atoms with Gasteiger partial charge in [0.25, 0.3) is 11.8 Å². The predicted molar refractivity (Wildman–Crippen MR) is 169 cm³/mol. The van der Waals surface area contributed by atoms with E-state index in [2.05, 4.69) is 16.0 Å². The maximum Gasteiger partial charge on any atom is 0.418 e. The molecule has 0 saturated carbocycles. The molecule has 4 rings (SSSR count). The van der Waals surface area contributed by atoms with Gasteiger partial charge in [-0.1, -0.05) is 65.7 Å². The molecule has 4 aromatic rings. The average molecular weight is 659 g/mol. The first kappa shape index (κ1) is 32.7. The summed E-state index contributed by atoms with van der Waals surface area (Å²) in [7, 11) is 0. The molecule has 12 heteroatoms. The van der Waals surface area contributed by atoms with Gasteiger partial charge in [0.1, 0.15) is 5.70 Å². The molecule has 0 heterocycles. The molecule has 4 aromatic carbocycles. The molecule has 0 aliphatic heterocycles. The molecule has 1 unspecified atom stereocenters. The van der Waals surface area contributed by atoms with Gasteiger partial charge in [-0.25, -0.2) is 0 Å². The lowest BCUT2D eigenvalue weighted by molar-refractivity contribution is -0.137. The first-order valence-electron chi connectivity index (χ1n) is 13.0. The van der Waals surface area contributed by atoms with Crippen LogP contribution in [0.2, 0.25) is 10.0 Å². The van der Waals surface area contributed by atoms with Crippen LogP contribution in [0.3, 0.4) is 0 Å². The fourth-order valence-electron chi connectivity index (χ4n) is 3.89. The molecule has 0 aliphatic rings. The van der Waals surface area contributed by atoms with Crippen LogP contribution in [0.4, 0.5) is 24.5 Å². The Labute approximate surface area is 265 Å². The van der Waals surface area contributed by atoms with Crippen LogP contribution in [0.1, 0.15) is 28.4 Å².